The fraction of sp³-hybridized carbons (Fsp3) is 0.214. The van der Waals surface area contributed by atoms with Crippen LogP contribution >= 0.6 is 22.9 Å². The molecule has 0 bridgehead atoms. The molecule has 9 heteroatoms. The third kappa shape index (κ3) is 3.91. The Morgan fingerprint density at radius 3 is 2.87 bits per heavy atom. The van der Waals surface area contributed by atoms with Crippen LogP contribution < -0.4 is 10.2 Å². The molecule has 23 heavy (non-hydrogen) atoms. The van der Waals surface area contributed by atoms with E-state index in [1.165, 1.54) is 26.5 Å². The normalized spacial score (nSPS) is 10.8. The van der Waals surface area contributed by atoms with Crippen molar-refractivity contribution in [1.82, 2.24) is 4.98 Å². The first-order chi connectivity index (χ1) is 11.0. The number of carbonyl (C=O) groups is 1. The van der Waals surface area contributed by atoms with Gasteiger partial charge in [-0.1, -0.05) is 22.9 Å². The number of halogens is 1. The number of methoxy groups -OCH3 is 2. The van der Waals surface area contributed by atoms with Gasteiger partial charge in [0.15, 0.2) is 11.5 Å². The summed E-state index contributed by atoms with van der Waals surface area (Å²) in [5, 5.41) is 14.3. The molecule has 2 aromatic rings. The predicted molar refractivity (Wildman–Crippen MR) is 89.1 cm³/mol. The third-order valence-corrected chi connectivity index (χ3v) is 4.14. The van der Waals surface area contributed by atoms with Crippen molar-refractivity contribution in [3.8, 4) is 11.5 Å². The summed E-state index contributed by atoms with van der Waals surface area (Å²) >= 11 is 7.03. The number of aromatic hydroxyl groups is 1. The highest BCUT2D eigenvalue weighted by atomic mass is 35.5. The molecule has 0 spiro atoms. The van der Waals surface area contributed by atoms with Crippen LogP contribution in [-0.4, -0.2) is 36.5 Å². The van der Waals surface area contributed by atoms with Gasteiger partial charge in [0, 0.05) is 0 Å². The molecule has 0 aliphatic rings. The summed E-state index contributed by atoms with van der Waals surface area (Å²) in [5.74, 6) is -0.318. The van der Waals surface area contributed by atoms with E-state index in [2.05, 4.69) is 20.2 Å². The second-order valence-electron chi connectivity index (χ2n) is 4.35. The number of benzene rings is 1. The summed E-state index contributed by atoms with van der Waals surface area (Å²) in [6, 6.07) is 3.12. The number of esters is 1. The summed E-state index contributed by atoms with van der Waals surface area (Å²) < 4.78 is 9.68. The molecule has 2 N–H and O–H groups in total. The van der Waals surface area contributed by atoms with Crippen LogP contribution in [0.4, 0.5) is 5.13 Å². The Morgan fingerprint density at radius 1 is 1.48 bits per heavy atom. The Labute approximate surface area is 141 Å². The summed E-state index contributed by atoms with van der Waals surface area (Å²) in [4.78, 5) is 16.1. The number of thiazole rings is 1. The number of rotatable bonds is 5. The van der Waals surface area contributed by atoms with Gasteiger partial charge in [-0.3, -0.25) is 5.43 Å². The van der Waals surface area contributed by atoms with Crippen molar-refractivity contribution in [2.75, 3.05) is 19.6 Å². The maximum atomic E-state index is 11.5. The van der Waals surface area contributed by atoms with Crippen LogP contribution in [0.15, 0.2) is 17.2 Å². The fourth-order valence-electron chi connectivity index (χ4n) is 1.71. The Bertz CT molecular complexity index is 761. The Hall–Kier alpha value is -2.32. The molecule has 7 nitrogen and oxygen atoms in total. The smallest absolute Gasteiger partial charge is 0.350 e. The molecular weight excluding hydrogens is 342 g/mol. The van der Waals surface area contributed by atoms with Crippen LogP contribution in [0.3, 0.4) is 0 Å². The second kappa shape index (κ2) is 7.30. The minimum atomic E-state index is -0.438. The molecule has 1 aromatic carbocycles. The SMILES string of the molecule is COC(=O)c1sc(N/N=C\c2cc(Cl)c(O)c(OC)c2)nc1C. The van der Waals surface area contributed by atoms with Crippen molar-refractivity contribution < 1.29 is 19.4 Å². The lowest BCUT2D eigenvalue weighted by molar-refractivity contribution is 0.0605. The largest absolute Gasteiger partial charge is 0.503 e. The number of carbonyl (C=O) groups excluding carboxylic acids is 1. The molecule has 0 radical (unpaired) electrons. The fourth-order valence-corrected chi connectivity index (χ4v) is 2.77. The van der Waals surface area contributed by atoms with Crippen LogP contribution in [0, 0.1) is 6.92 Å². The molecule has 0 aliphatic carbocycles. The number of aryl methyl sites for hydroxylation is 1. The lowest BCUT2D eigenvalue weighted by Crippen LogP contribution is -1.99. The zero-order valence-electron chi connectivity index (χ0n) is 12.6. The number of phenolic OH excluding ortho intramolecular Hbond substituents is 1. The van der Waals surface area contributed by atoms with E-state index >= 15 is 0 Å². The highest BCUT2D eigenvalue weighted by Crippen LogP contribution is 2.34. The summed E-state index contributed by atoms with van der Waals surface area (Å²) in [5.41, 5.74) is 3.92. The van der Waals surface area contributed by atoms with Gasteiger partial charge in [0.05, 0.1) is 31.2 Å². The highest BCUT2D eigenvalue weighted by molar-refractivity contribution is 7.17. The van der Waals surface area contributed by atoms with Crippen molar-refractivity contribution in [3.63, 3.8) is 0 Å². The average molecular weight is 356 g/mol. The molecule has 122 valence electrons. The van der Waals surface area contributed by atoms with E-state index in [4.69, 9.17) is 16.3 Å². The Kier molecular flexibility index (Phi) is 5.41. The molecule has 0 unspecified atom stereocenters. The molecule has 1 aromatic heterocycles. The zero-order chi connectivity index (χ0) is 17.0. The zero-order valence-corrected chi connectivity index (χ0v) is 14.2. The molecule has 0 atom stereocenters. The van der Waals surface area contributed by atoms with Gasteiger partial charge in [0.1, 0.15) is 4.88 Å². The number of hydrazone groups is 1. The van der Waals surface area contributed by atoms with Crippen molar-refractivity contribution >= 4 is 40.3 Å². The maximum Gasteiger partial charge on any atom is 0.350 e. The number of phenols is 1. The first kappa shape index (κ1) is 17.0. The summed E-state index contributed by atoms with van der Waals surface area (Å²) in [6.07, 6.45) is 1.49. The van der Waals surface area contributed by atoms with Crippen molar-refractivity contribution in [2.24, 2.45) is 5.10 Å². The van der Waals surface area contributed by atoms with Crippen LogP contribution in [0.1, 0.15) is 20.9 Å². The molecule has 0 amide bonds. The topological polar surface area (TPSA) is 93.0 Å². The van der Waals surface area contributed by atoms with Gasteiger partial charge in [0.25, 0.3) is 0 Å². The maximum absolute atomic E-state index is 11.5. The summed E-state index contributed by atoms with van der Waals surface area (Å²) in [6.45, 7) is 1.71. The number of aromatic nitrogens is 1. The number of ether oxygens (including phenoxy) is 2. The number of nitrogens with zero attached hydrogens (tertiary/aromatic N) is 2. The van der Waals surface area contributed by atoms with Crippen molar-refractivity contribution in [3.05, 3.63) is 33.3 Å². The number of nitrogens with one attached hydrogen (secondary N) is 1. The van der Waals surface area contributed by atoms with Gasteiger partial charge in [-0.2, -0.15) is 5.10 Å². The lowest BCUT2D eigenvalue weighted by Gasteiger charge is -2.05. The molecule has 2 rings (SSSR count). The van der Waals surface area contributed by atoms with E-state index < -0.39 is 5.97 Å². The highest BCUT2D eigenvalue weighted by Gasteiger charge is 2.15. The number of anilines is 1. The van der Waals surface area contributed by atoms with E-state index in [1.807, 2.05) is 0 Å². The van der Waals surface area contributed by atoms with Gasteiger partial charge in [-0.05, 0) is 24.6 Å². The Morgan fingerprint density at radius 2 is 2.22 bits per heavy atom. The van der Waals surface area contributed by atoms with E-state index in [9.17, 15) is 9.90 Å². The van der Waals surface area contributed by atoms with E-state index in [-0.39, 0.29) is 16.5 Å². The predicted octanol–water partition coefficient (Wildman–Crippen LogP) is 3.05. The second-order valence-corrected chi connectivity index (χ2v) is 5.76. The molecule has 0 fully saturated rings. The van der Waals surface area contributed by atoms with E-state index in [0.717, 1.165) is 11.3 Å². The quantitative estimate of drug-likeness (QED) is 0.486. The van der Waals surface area contributed by atoms with Gasteiger partial charge in [0.2, 0.25) is 5.13 Å². The monoisotopic (exact) mass is 355 g/mol. The van der Waals surface area contributed by atoms with Gasteiger partial charge in [-0.25, -0.2) is 9.78 Å². The molecular formula is C14H14ClN3O4S. The van der Waals surface area contributed by atoms with E-state index in [1.54, 1.807) is 13.0 Å². The van der Waals surface area contributed by atoms with Crippen LogP contribution in [0.2, 0.25) is 5.02 Å². The van der Waals surface area contributed by atoms with Crippen LogP contribution in [0.5, 0.6) is 11.5 Å². The Balaban J connectivity index is 2.13. The summed E-state index contributed by atoms with van der Waals surface area (Å²) in [7, 11) is 2.74. The lowest BCUT2D eigenvalue weighted by atomic mass is 10.2. The van der Waals surface area contributed by atoms with Crippen molar-refractivity contribution in [1.29, 1.82) is 0 Å². The molecule has 0 aliphatic heterocycles. The van der Waals surface area contributed by atoms with Crippen molar-refractivity contribution in [2.45, 2.75) is 6.92 Å². The van der Waals surface area contributed by atoms with E-state index in [0.29, 0.717) is 21.3 Å². The van der Waals surface area contributed by atoms with Gasteiger partial charge in [-0.15, -0.1) is 0 Å². The van der Waals surface area contributed by atoms with Gasteiger partial charge >= 0.3 is 5.97 Å². The first-order valence-electron chi connectivity index (χ1n) is 6.37. The van der Waals surface area contributed by atoms with Gasteiger partial charge < -0.3 is 14.6 Å². The molecule has 1 heterocycles. The average Bonchev–Trinajstić information content (AvgIpc) is 2.90. The molecule has 0 saturated carbocycles. The molecule has 0 saturated heterocycles. The minimum Gasteiger partial charge on any atom is -0.503 e. The standard InChI is InChI=1S/C14H14ClN3O4S/c1-7-12(13(20)22-3)23-14(17-7)18-16-6-8-4-9(15)11(19)10(5-8)21-2/h4-6,19H,1-3H3,(H,17,18)/b16-6-. The van der Waals surface area contributed by atoms with Crippen LogP contribution in [0.25, 0.3) is 0 Å². The third-order valence-electron chi connectivity index (χ3n) is 2.81. The number of hydrogen-bond acceptors (Lipinski definition) is 8. The van der Waals surface area contributed by atoms with Crippen LogP contribution in [-0.2, 0) is 4.74 Å². The first-order valence-corrected chi connectivity index (χ1v) is 7.57. The number of hydrogen-bond donors (Lipinski definition) is 2. The minimum absolute atomic E-state index is 0.127.